The van der Waals surface area contributed by atoms with Crippen LogP contribution in [-0.4, -0.2) is 55.0 Å². The number of urea groups is 1. The smallest absolute Gasteiger partial charge is 0.322 e. The third-order valence-electron chi connectivity index (χ3n) is 4.85. The molecule has 0 saturated carbocycles. The molecule has 148 valence electrons. The summed E-state index contributed by atoms with van der Waals surface area (Å²) in [7, 11) is 3.42. The molecule has 0 unspecified atom stereocenters. The summed E-state index contributed by atoms with van der Waals surface area (Å²) < 4.78 is 6.03. The van der Waals surface area contributed by atoms with Crippen LogP contribution < -0.4 is 5.32 Å². The number of ether oxygens (including phenoxy) is 1. The first-order chi connectivity index (χ1) is 13.3. The Balaban J connectivity index is 1.75. The summed E-state index contributed by atoms with van der Waals surface area (Å²) in [6.45, 7) is 4.88. The minimum Gasteiger partial charge on any atom is -0.367 e. The topological polar surface area (TPSA) is 61.9 Å². The highest BCUT2D eigenvalue weighted by atomic mass is 16.5. The monoisotopic (exact) mass is 381 g/mol. The van der Waals surface area contributed by atoms with Gasteiger partial charge in [-0.3, -0.25) is 4.79 Å². The maximum Gasteiger partial charge on any atom is 0.322 e. The van der Waals surface area contributed by atoms with E-state index in [0.29, 0.717) is 24.3 Å². The van der Waals surface area contributed by atoms with Gasteiger partial charge in [-0.05, 0) is 37.1 Å². The van der Waals surface area contributed by atoms with Crippen molar-refractivity contribution < 1.29 is 14.3 Å². The normalized spacial score (nSPS) is 19.2. The first kappa shape index (κ1) is 19.9. The Bertz CT molecular complexity index is 851. The molecule has 1 fully saturated rings. The van der Waals surface area contributed by atoms with E-state index in [1.165, 1.54) is 4.90 Å². The molecule has 1 saturated heterocycles. The molecule has 0 spiro atoms. The molecule has 2 aromatic rings. The van der Waals surface area contributed by atoms with Crippen LogP contribution >= 0.6 is 0 Å². The van der Waals surface area contributed by atoms with Crippen molar-refractivity contribution in [1.82, 2.24) is 9.80 Å². The summed E-state index contributed by atoms with van der Waals surface area (Å²) in [4.78, 5) is 28.4. The highest BCUT2D eigenvalue weighted by Crippen LogP contribution is 2.26. The fourth-order valence-electron chi connectivity index (χ4n) is 3.31. The molecule has 2 aromatic carbocycles. The molecule has 1 aliphatic rings. The highest BCUT2D eigenvalue weighted by molar-refractivity contribution is 5.97. The number of nitrogens with one attached hydrogen (secondary N) is 1. The molecule has 0 bridgehead atoms. The number of carbonyl (C=O) groups excluding carboxylic acids is 2. The van der Waals surface area contributed by atoms with Crippen molar-refractivity contribution in [3.63, 3.8) is 0 Å². The van der Waals surface area contributed by atoms with Crippen LogP contribution in [0.2, 0.25) is 0 Å². The molecule has 1 heterocycles. The second kappa shape index (κ2) is 8.44. The van der Waals surface area contributed by atoms with Gasteiger partial charge in [0.25, 0.3) is 5.91 Å². The number of hydrogen-bond acceptors (Lipinski definition) is 3. The minimum absolute atomic E-state index is 0.0625. The van der Waals surface area contributed by atoms with E-state index >= 15 is 0 Å². The summed E-state index contributed by atoms with van der Waals surface area (Å²) in [5.41, 5.74) is 3.16. The molecule has 6 nitrogen and oxygen atoms in total. The molecule has 0 aromatic heterocycles. The van der Waals surface area contributed by atoms with E-state index in [2.05, 4.69) is 5.32 Å². The third-order valence-corrected chi connectivity index (χ3v) is 4.85. The van der Waals surface area contributed by atoms with Gasteiger partial charge in [-0.2, -0.15) is 0 Å². The summed E-state index contributed by atoms with van der Waals surface area (Å²) in [5.74, 6) is -0.0976. The van der Waals surface area contributed by atoms with Crippen LogP contribution in [0.15, 0.2) is 48.5 Å². The Hall–Kier alpha value is -2.86. The van der Waals surface area contributed by atoms with E-state index in [1.54, 1.807) is 31.1 Å². The summed E-state index contributed by atoms with van der Waals surface area (Å²) in [6, 6.07) is 15.1. The number of benzene rings is 2. The van der Waals surface area contributed by atoms with Crippen LogP contribution in [0.25, 0.3) is 0 Å². The predicted molar refractivity (Wildman–Crippen MR) is 110 cm³/mol. The molecule has 1 aliphatic heterocycles. The van der Waals surface area contributed by atoms with E-state index in [1.807, 2.05) is 50.2 Å². The average Bonchev–Trinajstić information content (AvgIpc) is 2.69. The molecule has 0 radical (unpaired) electrons. The molecule has 0 aliphatic carbocycles. The van der Waals surface area contributed by atoms with Crippen LogP contribution in [0.4, 0.5) is 10.5 Å². The lowest BCUT2D eigenvalue weighted by atomic mass is 10.1. The van der Waals surface area contributed by atoms with Gasteiger partial charge in [0.15, 0.2) is 0 Å². The van der Waals surface area contributed by atoms with Crippen molar-refractivity contribution in [3.8, 4) is 0 Å². The van der Waals surface area contributed by atoms with Gasteiger partial charge < -0.3 is 19.9 Å². The lowest BCUT2D eigenvalue weighted by Crippen LogP contribution is -2.47. The number of morpholine rings is 1. The number of nitrogens with zero attached hydrogens (tertiary/aromatic N) is 2. The fourth-order valence-corrected chi connectivity index (χ4v) is 3.31. The van der Waals surface area contributed by atoms with Gasteiger partial charge in [0.2, 0.25) is 0 Å². The molecule has 1 N–H and O–H groups in total. The fraction of sp³-hybridized carbons (Fsp3) is 0.364. The standard InChI is InChI=1S/C22H27N3O3/c1-15-10-11-18(21(26)24(3)4)12-19(15)23-22(27)25-13-16(2)28-20(14-25)17-8-6-5-7-9-17/h5-12,16,20H,13-14H2,1-4H3,(H,23,27)/t16-,20-/m0/s1. The first-order valence-electron chi connectivity index (χ1n) is 9.43. The van der Waals surface area contributed by atoms with Crippen LogP contribution in [-0.2, 0) is 4.74 Å². The summed E-state index contributed by atoms with van der Waals surface area (Å²) in [5, 5.41) is 2.97. The quantitative estimate of drug-likeness (QED) is 0.882. The van der Waals surface area contributed by atoms with E-state index in [0.717, 1.165) is 11.1 Å². The van der Waals surface area contributed by atoms with E-state index in [4.69, 9.17) is 4.74 Å². The zero-order valence-corrected chi connectivity index (χ0v) is 16.8. The van der Waals surface area contributed by atoms with E-state index < -0.39 is 0 Å². The maximum atomic E-state index is 12.9. The van der Waals surface area contributed by atoms with Gasteiger partial charge in [-0.1, -0.05) is 36.4 Å². The van der Waals surface area contributed by atoms with Gasteiger partial charge in [0.1, 0.15) is 6.10 Å². The Morgan fingerprint density at radius 2 is 1.82 bits per heavy atom. The van der Waals surface area contributed by atoms with Crippen LogP contribution in [0, 0.1) is 6.92 Å². The third kappa shape index (κ3) is 4.51. The second-order valence-corrected chi connectivity index (χ2v) is 7.41. The maximum absolute atomic E-state index is 12.9. The van der Waals surface area contributed by atoms with Crippen molar-refractivity contribution in [2.24, 2.45) is 0 Å². The molecule has 3 rings (SSSR count). The number of aryl methyl sites for hydroxylation is 1. The number of hydrogen-bond donors (Lipinski definition) is 1. The lowest BCUT2D eigenvalue weighted by Gasteiger charge is -2.37. The van der Waals surface area contributed by atoms with Crippen molar-refractivity contribution in [3.05, 3.63) is 65.2 Å². The molecule has 3 amide bonds. The van der Waals surface area contributed by atoms with Crippen molar-refractivity contribution >= 4 is 17.6 Å². The highest BCUT2D eigenvalue weighted by Gasteiger charge is 2.29. The molecular weight excluding hydrogens is 354 g/mol. The number of carbonyl (C=O) groups is 2. The Kier molecular flexibility index (Phi) is 5.99. The van der Waals surface area contributed by atoms with Gasteiger partial charge in [0.05, 0.1) is 12.6 Å². The van der Waals surface area contributed by atoms with Crippen molar-refractivity contribution in [1.29, 1.82) is 0 Å². The predicted octanol–water partition coefficient (Wildman–Crippen LogP) is 3.69. The first-order valence-corrected chi connectivity index (χ1v) is 9.43. The zero-order valence-electron chi connectivity index (χ0n) is 16.8. The van der Waals surface area contributed by atoms with E-state index in [9.17, 15) is 9.59 Å². The van der Waals surface area contributed by atoms with Gasteiger partial charge in [-0.15, -0.1) is 0 Å². The Morgan fingerprint density at radius 1 is 1.11 bits per heavy atom. The van der Waals surface area contributed by atoms with Gasteiger partial charge in [-0.25, -0.2) is 4.79 Å². The lowest BCUT2D eigenvalue weighted by molar-refractivity contribution is -0.0642. The van der Waals surface area contributed by atoms with Gasteiger partial charge >= 0.3 is 6.03 Å². The molecular formula is C22H27N3O3. The Morgan fingerprint density at radius 3 is 2.50 bits per heavy atom. The molecule has 28 heavy (non-hydrogen) atoms. The number of amides is 3. The largest absolute Gasteiger partial charge is 0.367 e. The molecule has 2 atom stereocenters. The van der Waals surface area contributed by atoms with E-state index in [-0.39, 0.29) is 24.1 Å². The van der Waals surface area contributed by atoms with Crippen LogP contribution in [0.5, 0.6) is 0 Å². The number of rotatable bonds is 3. The SMILES string of the molecule is Cc1ccc(C(=O)N(C)C)cc1NC(=O)N1C[C@@H](c2ccccc2)O[C@@H](C)C1. The average molecular weight is 381 g/mol. The molecule has 6 heteroatoms. The Labute approximate surface area is 166 Å². The van der Waals surface area contributed by atoms with Gasteiger partial charge in [0, 0.05) is 31.9 Å². The van der Waals surface area contributed by atoms with Crippen molar-refractivity contribution in [2.45, 2.75) is 26.1 Å². The van der Waals surface area contributed by atoms with Crippen LogP contribution in [0.1, 0.15) is 34.5 Å². The second-order valence-electron chi connectivity index (χ2n) is 7.41. The zero-order chi connectivity index (χ0) is 20.3. The summed E-state index contributed by atoms with van der Waals surface area (Å²) in [6.07, 6.45) is -0.217. The van der Waals surface area contributed by atoms with Crippen molar-refractivity contribution in [2.75, 3.05) is 32.5 Å². The minimum atomic E-state index is -0.186. The summed E-state index contributed by atoms with van der Waals surface area (Å²) >= 11 is 0. The van der Waals surface area contributed by atoms with Crippen LogP contribution in [0.3, 0.4) is 0 Å². The number of anilines is 1.